The van der Waals surface area contributed by atoms with Crippen molar-refractivity contribution in [2.45, 2.75) is 19.9 Å². The van der Waals surface area contributed by atoms with Crippen molar-refractivity contribution < 1.29 is 8.42 Å². The first-order chi connectivity index (χ1) is 8.05. The number of rotatable bonds is 7. The Bertz CT molecular complexity index is 446. The average molecular weight is 320 g/mol. The Morgan fingerprint density at radius 3 is 2.65 bits per heavy atom. The van der Waals surface area contributed by atoms with Gasteiger partial charge in [-0.2, -0.15) is 0 Å². The van der Waals surface area contributed by atoms with Crippen molar-refractivity contribution >= 4 is 25.8 Å². The van der Waals surface area contributed by atoms with Gasteiger partial charge in [-0.25, -0.2) is 8.42 Å². The summed E-state index contributed by atoms with van der Waals surface area (Å²) in [6, 6.07) is 8.00. The topological polar surface area (TPSA) is 46.2 Å². The van der Waals surface area contributed by atoms with E-state index in [1.807, 2.05) is 24.3 Å². The highest BCUT2D eigenvalue weighted by Crippen LogP contribution is 2.15. The summed E-state index contributed by atoms with van der Waals surface area (Å²) in [5.41, 5.74) is 1.19. The van der Waals surface area contributed by atoms with Crippen LogP contribution in [0.1, 0.15) is 18.9 Å². The largest absolute Gasteiger partial charge is 0.313 e. The Labute approximate surface area is 112 Å². The minimum Gasteiger partial charge on any atom is -0.313 e. The number of halogens is 1. The molecule has 17 heavy (non-hydrogen) atoms. The molecule has 0 saturated heterocycles. The standard InChI is InChI=1S/C12H18BrNO2S/c1-2-17(15,16)9-5-8-14-10-11-6-3-4-7-12(11)13/h3-4,6-7,14H,2,5,8-10H2,1H3. The maximum Gasteiger partial charge on any atom is 0.150 e. The molecule has 0 radical (unpaired) electrons. The summed E-state index contributed by atoms with van der Waals surface area (Å²) < 4.78 is 23.6. The van der Waals surface area contributed by atoms with Crippen LogP contribution in [-0.4, -0.2) is 26.5 Å². The molecular formula is C12H18BrNO2S. The van der Waals surface area contributed by atoms with Crippen LogP contribution < -0.4 is 5.32 Å². The molecule has 0 aromatic heterocycles. The SMILES string of the molecule is CCS(=O)(=O)CCCNCc1ccccc1Br. The van der Waals surface area contributed by atoms with Crippen LogP contribution in [0, 0.1) is 0 Å². The molecule has 1 aromatic carbocycles. The van der Waals surface area contributed by atoms with Gasteiger partial charge in [0.15, 0.2) is 0 Å². The summed E-state index contributed by atoms with van der Waals surface area (Å²) >= 11 is 3.47. The molecular weight excluding hydrogens is 302 g/mol. The number of nitrogens with one attached hydrogen (secondary N) is 1. The Balaban J connectivity index is 2.24. The molecule has 1 rings (SSSR count). The molecule has 0 saturated carbocycles. The van der Waals surface area contributed by atoms with Crippen molar-refractivity contribution in [3.63, 3.8) is 0 Å². The minimum atomic E-state index is -2.82. The predicted octanol–water partition coefficient (Wildman–Crippen LogP) is 2.36. The second kappa shape index (κ2) is 7.13. The lowest BCUT2D eigenvalue weighted by atomic mass is 10.2. The molecule has 96 valence electrons. The quantitative estimate of drug-likeness (QED) is 0.785. The molecule has 0 heterocycles. The summed E-state index contributed by atoms with van der Waals surface area (Å²) in [5, 5.41) is 3.24. The zero-order chi connectivity index (χ0) is 12.7. The molecule has 3 nitrogen and oxygen atoms in total. The molecule has 1 aromatic rings. The van der Waals surface area contributed by atoms with Crippen molar-refractivity contribution in [1.29, 1.82) is 0 Å². The Kier molecular flexibility index (Phi) is 6.16. The van der Waals surface area contributed by atoms with E-state index in [1.165, 1.54) is 5.56 Å². The molecule has 0 atom stereocenters. The van der Waals surface area contributed by atoms with Crippen molar-refractivity contribution in [2.75, 3.05) is 18.1 Å². The smallest absolute Gasteiger partial charge is 0.150 e. The predicted molar refractivity (Wildman–Crippen MR) is 74.8 cm³/mol. The number of benzene rings is 1. The van der Waals surface area contributed by atoms with Gasteiger partial charge in [0, 0.05) is 16.8 Å². The van der Waals surface area contributed by atoms with E-state index in [4.69, 9.17) is 0 Å². The van der Waals surface area contributed by atoms with E-state index in [0.717, 1.165) is 17.6 Å². The van der Waals surface area contributed by atoms with Gasteiger partial charge in [-0.05, 0) is 24.6 Å². The van der Waals surface area contributed by atoms with Gasteiger partial charge in [-0.3, -0.25) is 0 Å². The lowest BCUT2D eigenvalue weighted by Gasteiger charge is -2.06. The molecule has 0 aliphatic heterocycles. The van der Waals surface area contributed by atoms with E-state index in [9.17, 15) is 8.42 Å². The fourth-order valence-corrected chi connectivity index (χ4v) is 2.72. The zero-order valence-electron chi connectivity index (χ0n) is 9.95. The summed E-state index contributed by atoms with van der Waals surface area (Å²) in [5.74, 6) is 0.504. The van der Waals surface area contributed by atoms with Gasteiger partial charge in [0.25, 0.3) is 0 Å². The van der Waals surface area contributed by atoms with Crippen molar-refractivity contribution in [2.24, 2.45) is 0 Å². The van der Waals surface area contributed by atoms with Crippen LogP contribution in [0.3, 0.4) is 0 Å². The second-order valence-corrected chi connectivity index (χ2v) is 7.19. The minimum absolute atomic E-state index is 0.233. The second-order valence-electron chi connectivity index (χ2n) is 3.86. The molecule has 0 fully saturated rings. The first-order valence-corrected chi connectivity index (χ1v) is 8.31. The molecule has 5 heteroatoms. The van der Waals surface area contributed by atoms with Crippen molar-refractivity contribution in [3.8, 4) is 0 Å². The average Bonchev–Trinajstić information content (AvgIpc) is 2.31. The van der Waals surface area contributed by atoms with Crippen LogP contribution in [0.2, 0.25) is 0 Å². The maximum atomic E-state index is 11.3. The third-order valence-corrected chi connectivity index (χ3v) is 5.09. The first kappa shape index (κ1) is 14.7. The third-order valence-electron chi connectivity index (χ3n) is 2.52. The highest BCUT2D eigenvalue weighted by Gasteiger charge is 2.06. The van der Waals surface area contributed by atoms with Gasteiger partial charge >= 0.3 is 0 Å². The van der Waals surface area contributed by atoms with Crippen molar-refractivity contribution in [3.05, 3.63) is 34.3 Å². The van der Waals surface area contributed by atoms with Crippen LogP contribution in [0.25, 0.3) is 0 Å². The van der Waals surface area contributed by atoms with Crippen LogP contribution in [0.5, 0.6) is 0 Å². The van der Waals surface area contributed by atoms with Gasteiger partial charge in [-0.1, -0.05) is 41.1 Å². The lowest BCUT2D eigenvalue weighted by molar-refractivity contribution is 0.590. The number of sulfone groups is 1. The van der Waals surface area contributed by atoms with E-state index in [0.29, 0.717) is 6.42 Å². The molecule has 1 N–H and O–H groups in total. The molecule has 0 amide bonds. The highest BCUT2D eigenvalue weighted by molar-refractivity contribution is 9.10. The maximum absolute atomic E-state index is 11.3. The zero-order valence-corrected chi connectivity index (χ0v) is 12.4. The lowest BCUT2D eigenvalue weighted by Crippen LogP contribution is -2.19. The fourth-order valence-electron chi connectivity index (χ4n) is 1.43. The first-order valence-electron chi connectivity index (χ1n) is 5.69. The molecule has 0 aliphatic carbocycles. The monoisotopic (exact) mass is 319 g/mol. The summed E-state index contributed by atoms with van der Waals surface area (Å²) in [7, 11) is -2.82. The van der Waals surface area contributed by atoms with Crippen LogP contribution >= 0.6 is 15.9 Å². The number of hydrogen-bond donors (Lipinski definition) is 1. The van der Waals surface area contributed by atoms with E-state index < -0.39 is 9.84 Å². The Morgan fingerprint density at radius 1 is 1.29 bits per heavy atom. The van der Waals surface area contributed by atoms with Crippen LogP contribution in [0.4, 0.5) is 0 Å². The Hall–Kier alpha value is -0.390. The normalized spacial score (nSPS) is 11.6. The molecule has 0 bridgehead atoms. The van der Waals surface area contributed by atoms with Gasteiger partial charge in [-0.15, -0.1) is 0 Å². The number of hydrogen-bond acceptors (Lipinski definition) is 3. The van der Waals surface area contributed by atoms with Gasteiger partial charge in [0.05, 0.1) is 5.75 Å². The van der Waals surface area contributed by atoms with Crippen molar-refractivity contribution in [1.82, 2.24) is 5.32 Å². The molecule has 0 aliphatic rings. The molecule has 0 unspecified atom stereocenters. The van der Waals surface area contributed by atoms with E-state index >= 15 is 0 Å². The summed E-state index contributed by atoms with van der Waals surface area (Å²) in [6.07, 6.45) is 0.667. The van der Waals surface area contributed by atoms with Crippen LogP contribution in [0.15, 0.2) is 28.7 Å². The summed E-state index contributed by atoms with van der Waals surface area (Å²) in [4.78, 5) is 0. The van der Waals surface area contributed by atoms with Gasteiger partial charge < -0.3 is 5.32 Å². The summed E-state index contributed by atoms with van der Waals surface area (Å²) in [6.45, 7) is 3.16. The van der Waals surface area contributed by atoms with Gasteiger partial charge in [0.2, 0.25) is 0 Å². The van der Waals surface area contributed by atoms with E-state index in [-0.39, 0.29) is 11.5 Å². The molecule has 0 spiro atoms. The third kappa shape index (κ3) is 5.66. The van der Waals surface area contributed by atoms with E-state index in [2.05, 4.69) is 21.2 Å². The fraction of sp³-hybridized carbons (Fsp3) is 0.500. The van der Waals surface area contributed by atoms with Gasteiger partial charge in [0.1, 0.15) is 9.84 Å². The van der Waals surface area contributed by atoms with Crippen LogP contribution in [-0.2, 0) is 16.4 Å². The van der Waals surface area contributed by atoms with E-state index in [1.54, 1.807) is 6.92 Å². The Morgan fingerprint density at radius 2 is 2.00 bits per heavy atom. The highest BCUT2D eigenvalue weighted by atomic mass is 79.9.